The van der Waals surface area contributed by atoms with E-state index in [1.807, 2.05) is 30.3 Å². The van der Waals surface area contributed by atoms with Crippen LogP contribution in [0.5, 0.6) is 0 Å². The molecule has 7 heteroatoms. The standard InChI is InChI=1S/C20H26N2O4S/c1-3-4-8-13-21-18-12-11-17(20(23)24)14-19(18)27(25,26)22-15(2)16-9-6-5-7-10-16/h5-7,9-12,14-15,21-22H,3-4,8,13H2,1-2H3,(H,23,24)/t15-/m0/s1. The molecule has 0 aliphatic rings. The molecule has 6 nitrogen and oxygen atoms in total. The molecule has 0 fully saturated rings. The lowest BCUT2D eigenvalue weighted by Crippen LogP contribution is -2.28. The topological polar surface area (TPSA) is 95.5 Å². The summed E-state index contributed by atoms with van der Waals surface area (Å²) in [6.45, 7) is 4.46. The largest absolute Gasteiger partial charge is 0.478 e. The van der Waals surface area contributed by atoms with Crippen molar-refractivity contribution in [2.24, 2.45) is 0 Å². The van der Waals surface area contributed by atoms with Crippen LogP contribution in [0.3, 0.4) is 0 Å². The van der Waals surface area contributed by atoms with Crippen LogP contribution in [0.1, 0.15) is 55.1 Å². The number of anilines is 1. The summed E-state index contributed by atoms with van der Waals surface area (Å²) in [6.07, 6.45) is 3.00. The third-order valence-electron chi connectivity index (χ3n) is 4.25. The number of carbonyl (C=O) groups is 1. The van der Waals surface area contributed by atoms with Crippen molar-refractivity contribution in [2.75, 3.05) is 11.9 Å². The van der Waals surface area contributed by atoms with Crippen molar-refractivity contribution in [3.8, 4) is 0 Å². The van der Waals surface area contributed by atoms with Crippen molar-refractivity contribution in [1.29, 1.82) is 0 Å². The van der Waals surface area contributed by atoms with Crippen LogP contribution < -0.4 is 10.0 Å². The number of sulfonamides is 1. The maximum Gasteiger partial charge on any atom is 0.335 e. The molecule has 0 saturated carbocycles. The van der Waals surface area contributed by atoms with Gasteiger partial charge in [-0.25, -0.2) is 17.9 Å². The van der Waals surface area contributed by atoms with Crippen LogP contribution in [0.15, 0.2) is 53.4 Å². The van der Waals surface area contributed by atoms with Crippen LogP contribution in [0.2, 0.25) is 0 Å². The number of hydrogen-bond acceptors (Lipinski definition) is 4. The molecule has 2 rings (SSSR count). The van der Waals surface area contributed by atoms with E-state index in [1.165, 1.54) is 18.2 Å². The Bertz CT molecular complexity index is 867. The van der Waals surface area contributed by atoms with E-state index in [0.29, 0.717) is 12.2 Å². The van der Waals surface area contributed by atoms with Crippen LogP contribution in [0.25, 0.3) is 0 Å². The number of rotatable bonds is 10. The summed E-state index contributed by atoms with van der Waals surface area (Å²) in [6, 6.07) is 12.9. The summed E-state index contributed by atoms with van der Waals surface area (Å²) in [7, 11) is -3.91. The molecule has 0 bridgehead atoms. The Labute approximate surface area is 160 Å². The average Bonchev–Trinajstić information content (AvgIpc) is 2.65. The lowest BCUT2D eigenvalue weighted by Gasteiger charge is -2.18. The minimum atomic E-state index is -3.91. The molecule has 146 valence electrons. The molecule has 0 radical (unpaired) electrons. The monoisotopic (exact) mass is 390 g/mol. The van der Waals surface area contributed by atoms with Crippen LogP contribution in [-0.4, -0.2) is 26.0 Å². The first-order valence-electron chi connectivity index (χ1n) is 9.03. The normalized spacial score (nSPS) is 12.5. The Kier molecular flexibility index (Phi) is 7.38. The molecule has 2 aromatic carbocycles. The zero-order valence-corrected chi connectivity index (χ0v) is 16.4. The van der Waals surface area contributed by atoms with Gasteiger partial charge in [0, 0.05) is 12.6 Å². The summed E-state index contributed by atoms with van der Waals surface area (Å²) in [4.78, 5) is 11.2. The molecule has 0 aliphatic carbocycles. The second kappa shape index (κ2) is 9.53. The van der Waals surface area contributed by atoms with E-state index in [0.717, 1.165) is 24.8 Å². The van der Waals surface area contributed by atoms with Gasteiger partial charge in [-0.15, -0.1) is 0 Å². The predicted molar refractivity (Wildman–Crippen MR) is 107 cm³/mol. The molecule has 0 spiro atoms. The number of carboxylic acids is 1. The zero-order valence-electron chi connectivity index (χ0n) is 15.6. The van der Waals surface area contributed by atoms with E-state index in [2.05, 4.69) is 17.0 Å². The van der Waals surface area contributed by atoms with Crippen molar-refractivity contribution >= 4 is 21.7 Å². The quantitative estimate of drug-likeness (QED) is 0.533. The molecule has 1 atom stereocenters. The van der Waals surface area contributed by atoms with Crippen LogP contribution in [0, 0.1) is 0 Å². The maximum absolute atomic E-state index is 13.0. The van der Waals surface area contributed by atoms with Crippen molar-refractivity contribution < 1.29 is 18.3 Å². The number of unbranched alkanes of at least 4 members (excludes halogenated alkanes) is 2. The number of aromatic carboxylic acids is 1. The fraction of sp³-hybridized carbons (Fsp3) is 0.350. The number of hydrogen-bond donors (Lipinski definition) is 3. The molecule has 27 heavy (non-hydrogen) atoms. The summed E-state index contributed by atoms with van der Waals surface area (Å²) in [5.74, 6) is -1.17. The van der Waals surface area contributed by atoms with E-state index in [1.54, 1.807) is 6.92 Å². The van der Waals surface area contributed by atoms with Crippen LogP contribution >= 0.6 is 0 Å². The van der Waals surface area contributed by atoms with Gasteiger partial charge in [0.2, 0.25) is 10.0 Å². The second-order valence-electron chi connectivity index (χ2n) is 6.40. The Morgan fingerprint density at radius 2 is 1.81 bits per heavy atom. The van der Waals surface area contributed by atoms with Gasteiger partial charge in [0.1, 0.15) is 4.90 Å². The highest BCUT2D eigenvalue weighted by Crippen LogP contribution is 2.25. The van der Waals surface area contributed by atoms with Crippen molar-refractivity contribution in [2.45, 2.75) is 44.0 Å². The van der Waals surface area contributed by atoms with Gasteiger partial charge in [-0.1, -0.05) is 50.1 Å². The molecule has 2 aromatic rings. The van der Waals surface area contributed by atoms with E-state index in [9.17, 15) is 18.3 Å². The molecule has 0 amide bonds. The smallest absolute Gasteiger partial charge is 0.335 e. The van der Waals surface area contributed by atoms with Crippen LogP contribution in [-0.2, 0) is 10.0 Å². The zero-order chi connectivity index (χ0) is 19.9. The molecule has 0 saturated heterocycles. The Hall–Kier alpha value is -2.38. The number of nitrogens with one attached hydrogen (secondary N) is 2. The van der Waals surface area contributed by atoms with Gasteiger partial charge >= 0.3 is 5.97 Å². The molecule has 3 N–H and O–H groups in total. The SMILES string of the molecule is CCCCCNc1ccc(C(=O)O)cc1S(=O)(=O)N[C@@H](C)c1ccccc1. The maximum atomic E-state index is 13.0. The minimum absolute atomic E-state index is 0.0540. The van der Waals surface area contributed by atoms with E-state index in [4.69, 9.17) is 0 Å². The third kappa shape index (κ3) is 5.80. The Morgan fingerprint density at radius 1 is 1.11 bits per heavy atom. The second-order valence-corrected chi connectivity index (χ2v) is 8.09. The van der Waals surface area contributed by atoms with Gasteiger partial charge in [0.25, 0.3) is 0 Å². The third-order valence-corrected chi connectivity index (χ3v) is 5.83. The molecule has 0 aromatic heterocycles. The Balaban J connectivity index is 2.31. The van der Waals surface area contributed by atoms with Gasteiger partial charge in [0.15, 0.2) is 0 Å². The first-order valence-corrected chi connectivity index (χ1v) is 10.5. The van der Waals surface area contributed by atoms with Crippen molar-refractivity contribution in [3.05, 3.63) is 59.7 Å². The molecular weight excluding hydrogens is 364 g/mol. The van der Waals surface area contributed by atoms with Crippen molar-refractivity contribution in [3.63, 3.8) is 0 Å². The number of carboxylic acid groups (broad SMARTS) is 1. The van der Waals surface area contributed by atoms with Gasteiger partial charge in [-0.05, 0) is 37.1 Å². The van der Waals surface area contributed by atoms with Gasteiger partial charge in [-0.3, -0.25) is 0 Å². The molecule has 0 unspecified atom stereocenters. The summed E-state index contributed by atoms with van der Waals surface area (Å²) >= 11 is 0. The van der Waals surface area contributed by atoms with E-state index >= 15 is 0 Å². The highest BCUT2D eigenvalue weighted by molar-refractivity contribution is 7.89. The van der Waals surface area contributed by atoms with Crippen molar-refractivity contribution in [1.82, 2.24) is 4.72 Å². The first kappa shape index (κ1) is 20.9. The fourth-order valence-corrected chi connectivity index (χ4v) is 4.17. The minimum Gasteiger partial charge on any atom is -0.478 e. The van der Waals surface area contributed by atoms with Crippen LogP contribution in [0.4, 0.5) is 5.69 Å². The lowest BCUT2D eigenvalue weighted by atomic mass is 10.1. The molecule has 0 heterocycles. The van der Waals surface area contributed by atoms with E-state index in [-0.39, 0.29) is 10.5 Å². The van der Waals surface area contributed by atoms with E-state index < -0.39 is 22.0 Å². The van der Waals surface area contributed by atoms with Gasteiger partial charge in [-0.2, -0.15) is 0 Å². The average molecular weight is 391 g/mol. The molecule has 0 aliphatic heterocycles. The number of benzene rings is 2. The highest BCUT2D eigenvalue weighted by Gasteiger charge is 2.23. The van der Waals surface area contributed by atoms with Gasteiger partial charge in [0.05, 0.1) is 11.3 Å². The highest BCUT2D eigenvalue weighted by atomic mass is 32.2. The summed E-state index contributed by atoms with van der Waals surface area (Å²) < 4.78 is 28.5. The summed E-state index contributed by atoms with van der Waals surface area (Å²) in [5.41, 5.74) is 1.17. The first-order chi connectivity index (χ1) is 12.8. The fourth-order valence-electron chi connectivity index (χ4n) is 2.73. The van der Waals surface area contributed by atoms with Gasteiger partial charge < -0.3 is 10.4 Å². The predicted octanol–water partition coefficient (Wildman–Crippen LogP) is 4.03. The molecular formula is C20H26N2O4S. The lowest BCUT2D eigenvalue weighted by molar-refractivity contribution is 0.0696. The summed E-state index contributed by atoms with van der Waals surface area (Å²) in [5, 5.41) is 12.4. The Morgan fingerprint density at radius 3 is 2.44 bits per heavy atom.